The molecule has 1 heterocycles. The van der Waals surface area contributed by atoms with E-state index >= 15 is 0 Å². The highest BCUT2D eigenvalue weighted by atomic mass is 32.2. The number of benzene rings is 2. The molecule has 0 spiro atoms. The van der Waals surface area contributed by atoms with Gasteiger partial charge >= 0.3 is 16.1 Å². The Hall–Kier alpha value is -2.64. The number of carboxylic acid groups (broad SMARTS) is 1. The molecule has 128 valence electrons. The average Bonchev–Trinajstić information content (AvgIpc) is 3.04. The Labute approximate surface area is 149 Å². The Morgan fingerprint density at radius 2 is 1.80 bits per heavy atom. The lowest BCUT2D eigenvalue weighted by Gasteiger charge is -2.08. The smallest absolute Gasteiger partial charge is 0.339 e. The lowest BCUT2D eigenvalue weighted by Crippen LogP contribution is -2.09. The van der Waals surface area contributed by atoms with Crippen LogP contribution in [0.1, 0.15) is 20.8 Å². The van der Waals surface area contributed by atoms with Gasteiger partial charge in [-0.3, -0.25) is 0 Å². The summed E-state index contributed by atoms with van der Waals surface area (Å²) in [6.07, 6.45) is 0.391. The molecule has 1 aromatic heterocycles. The van der Waals surface area contributed by atoms with E-state index in [-0.39, 0.29) is 16.2 Å². The summed E-state index contributed by atoms with van der Waals surface area (Å²) in [6.45, 7) is 0. The minimum absolute atomic E-state index is 0.0758. The van der Waals surface area contributed by atoms with E-state index in [1.807, 2.05) is 0 Å². The maximum absolute atomic E-state index is 12.3. The molecule has 25 heavy (non-hydrogen) atoms. The summed E-state index contributed by atoms with van der Waals surface area (Å²) in [5, 5.41) is 10.9. The van der Waals surface area contributed by atoms with Gasteiger partial charge in [-0.05, 0) is 41.3 Å². The normalized spacial score (nSPS) is 11.2. The summed E-state index contributed by atoms with van der Waals surface area (Å²) < 4.78 is 29.7. The minimum Gasteiger partial charge on any atom is -0.478 e. The first-order valence-electron chi connectivity index (χ1n) is 7.34. The number of rotatable bonds is 6. The molecule has 0 aliphatic carbocycles. The van der Waals surface area contributed by atoms with Gasteiger partial charge in [0.15, 0.2) is 0 Å². The third-order valence-corrected chi connectivity index (χ3v) is 5.66. The first kappa shape index (κ1) is 17.2. The first-order chi connectivity index (χ1) is 12.0. The first-order valence-corrected chi connectivity index (χ1v) is 9.62. The second kappa shape index (κ2) is 7.08. The molecule has 0 amide bonds. The van der Waals surface area contributed by atoms with Gasteiger partial charge in [0.2, 0.25) is 0 Å². The molecule has 0 fully saturated rings. The quantitative estimate of drug-likeness (QED) is 0.664. The van der Waals surface area contributed by atoms with E-state index in [1.165, 1.54) is 23.5 Å². The molecule has 3 aromatic rings. The number of aromatic carboxylic acids is 1. The van der Waals surface area contributed by atoms with Crippen molar-refractivity contribution >= 4 is 27.4 Å². The van der Waals surface area contributed by atoms with Gasteiger partial charge in [-0.25, -0.2) is 4.79 Å². The molecular formula is C18H14O5S2. The average molecular weight is 374 g/mol. The van der Waals surface area contributed by atoms with Crippen LogP contribution in [0.5, 0.6) is 5.75 Å². The van der Waals surface area contributed by atoms with E-state index in [4.69, 9.17) is 9.29 Å². The molecule has 2 aromatic carbocycles. The van der Waals surface area contributed by atoms with E-state index in [1.54, 1.807) is 53.9 Å². The molecule has 0 saturated heterocycles. The van der Waals surface area contributed by atoms with Crippen molar-refractivity contribution in [2.45, 2.75) is 11.3 Å². The van der Waals surface area contributed by atoms with Gasteiger partial charge in [-0.2, -0.15) is 8.42 Å². The van der Waals surface area contributed by atoms with Crippen LogP contribution in [0.3, 0.4) is 0 Å². The molecule has 0 atom stereocenters. The second-order valence-corrected chi connectivity index (χ2v) is 7.78. The van der Waals surface area contributed by atoms with Crippen molar-refractivity contribution in [1.29, 1.82) is 0 Å². The number of hydrogen-bond acceptors (Lipinski definition) is 5. The molecule has 0 aliphatic rings. The summed E-state index contributed by atoms with van der Waals surface area (Å²) in [7, 11) is -3.91. The van der Waals surface area contributed by atoms with Crippen molar-refractivity contribution < 1.29 is 22.5 Å². The predicted octanol–water partition coefficient (Wildman–Crippen LogP) is 3.80. The zero-order valence-electron chi connectivity index (χ0n) is 13.0. The maximum atomic E-state index is 12.3. The van der Waals surface area contributed by atoms with E-state index in [0.717, 1.165) is 5.56 Å². The van der Waals surface area contributed by atoms with Crippen LogP contribution in [0.4, 0.5) is 0 Å². The highest BCUT2D eigenvalue weighted by Gasteiger charge is 2.17. The summed E-state index contributed by atoms with van der Waals surface area (Å²) in [6, 6.07) is 16.1. The van der Waals surface area contributed by atoms with Gasteiger partial charge in [0.25, 0.3) is 0 Å². The Bertz CT molecular complexity index is 991. The lowest BCUT2D eigenvalue weighted by atomic mass is 10.1. The zero-order chi connectivity index (χ0) is 17.9. The topological polar surface area (TPSA) is 80.7 Å². The molecule has 0 aliphatic heterocycles. The van der Waals surface area contributed by atoms with Crippen LogP contribution in [0.15, 0.2) is 70.9 Å². The van der Waals surface area contributed by atoms with Gasteiger partial charge in [0, 0.05) is 11.3 Å². The highest BCUT2D eigenvalue weighted by molar-refractivity contribution is 7.87. The van der Waals surface area contributed by atoms with Crippen molar-refractivity contribution in [3.63, 3.8) is 0 Å². The van der Waals surface area contributed by atoms with Crippen molar-refractivity contribution in [3.05, 3.63) is 82.0 Å². The van der Waals surface area contributed by atoms with Gasteiger partial charge in [0.1, 0.15) is 10.6 Å². The van der Waals surface area contributed by atoms with Gasteiger partial charge in [-0.15, -0.1) is 11.3 Å². The van der Waals surface area contributed by atoms with Crippen LogP contribution >= 0.6 is 11.3 Å². The third-order valence-electron chi connectivity index (χ3n) is 3.48. The maximum Gasteiger partial charge on any atom is 0.339 e. The minimum atomic E-state index is -3.91. The Morgan fingerprint density at radius 3 is 2.52 bits per heavy atom. The largest absolute Gasteiger partial charge is 0.478 e. The summed E-state index contributed by atoms with van der Waals surface area (Å²) in [5.41, 5.74) is 1.03. The van der Waals surface area contributed by atoms with Gasteiger partial charge < -0.3 is 9.29 Å². The number of thiophene rings is 1. The SMILES string of the molecule is O=C(O)c1ccsc1Cc1cccc(OS(=O)(=O)c2ccccc2)c1. The fourth-order valence-corrected chi connectivity index (χ4v) is 4.17. The summed E-state index contributed by atoms with van der Waals surface area (Å²) in [4.78, 5) is 12.0. The van der Waals surface area contributed by atoms with Crippen LogP contribution in [0.2, 0.25) is 0 Å². The van der Waals surface area contributed by atoms with Gasteiger partial charge in [0.05, 0.1) is 5.56 Å². The van der Waals surface area contributed by atoms with Crippen molar-refractivity contribution in [2.75, 3.05) is 0 Å². The van der Waals surface area contributed by atoms with Crippen molar-refractivity contribution in [3.8, 4) is 5.75 Å². The molecule has 7 heteroatoms. The highest BCUT2D eigenvalue weighted by Crippen LogP contribution is 2.24. The molecule has 5 nitrogen and oxygen atoms in total. The van der Waals surface area contributed by atoms with Crippen LogP contribution in [0.25, 0.3) is 0 Å². The number of carbonyl (C=O) groups is 1. The number of hydrogen-bond donors (Lipinski definition) is 1. The fourth-order valence-electron chi connectivity index (χ4n) is 2.32. The van der Waals surface area contributed by atoms with Crippen molar-refractivity contribution in [2.24, 2.45) is 0 Å². The van der Waals surface area contributed by atoms with E-state index < -0.39 is 16.1 Å². The van der Waals surface area contributed by atoms with Crippen LogP contribution < -0.4 is 4.18 Å². The van der Waals surface area contributed by atoms with Crippen LogP contribution in [-0.2, 0) is 16.5 Å². The van der Waals surface area contributed by atoms with Crippen LogP contribution in [0, 0.1) is 0 Å². The molecule has 0 radical (unpaired) electrons. The summed E-state index contributed by atoms with van der Waals surface area (Å²) in [5.74, 6) is -0.787. The van der Waals surface area contributed by atoms with E-state index in [9.17, 15) is 13.2 Å². The Kier molecular flexibility index (Phi) is 4.87. The third kappa shape index (κ3) is 4.07. The zero-order valence-corrected chi connectivity index (χ0v) is 14.6. The second-order valence-electron chi connectivity index (χ2n) is 5.24. The molecule has 0 unspecified atom stereocenters. The predicted molar refractivity (Wildman–Crippen MR) is 94.8 cm³/mol. The van der Waals surface area contributed by atoms with Crippen LogP contribution in [-0.4, -0.2) is 19.5 Å². The molecule has 3 rings (SSSR count). The monoisotopic (exact) mass is 374 g/mol. The van der Waals surface area contributed by atoms with Crippen molar-refractivity contribution in [1.82, 2.24) is 0 Å². The molecular weight excluding hydrogens is 360 g/mol. The van der Waals surface area contributed by atoms with Gasteiger partial charge in [-0.1, -0.05) is 30.3 Å². The summed E-state index contributed by atoms with van der Waals surface area (Å²) >= 11 is 1.35. The van der Waals surface area contributed by atoms with E-state index in [2.05, 4.69) is 0 Å². The lowest BCUT2D eigenvalue weighted by molar-refractivity contribution is 0.0696. The standard InChI is InChI=1S/C18H14O5S2/c19-18(20)16-9-10-24-17(16)12-13-5-4-6-14(11-13)23-25(21,22)15-7-2-1-3-8-15/h1-11H,12H2,(H,19,20). The molecule has 1 N–H and O–H groups in total. The molecule has 0 saturated carbocycles. The number of carboxylic acids is 1. The van der Waals surface area contributed by atoms with E-state index in [0.29, 0.717) is 11.3 Å². The Morgan fingerprint density at radius 1 is 1.04 bits per heavy atom. The fraction of sp³-hybridized carbons (Fsp3) is 0.0556. The molecule has 0 bridgehead atoms. The Balaban J connectivity index is 1.82.